The highest BCUT2D eigenvalue weighted by Crippen LogP contribution is 2.10. The second kappa shape index (κ2) is 9.16. The molecule has 0 saturated carbocycles. The zero-order valence-electron chi connectivity index (χ0n) is 13.0. The lowest BCUT2D eigenvalue weighted by atomic mass is 10.2. The van der Waals surface area contributed by atoms with Crippen LogP contribution in [0, 0.1) is 5.92 Å². The van der Waals surface area contributed by atoms with Gasteiger partial charge >= 0.3 is 0 Å². The van der Waals surface area contributed by atoms with E-state index in [9.17, 15) is 0 Å². The fourth-order valence-electron chi connectivity index (χ4n) is 2.08. The number of nitrogens with one attached hydrogen (secondary N) is 1. The molecule has 0 aliphatic rings. The van der Waals surface area contributed by atoms with Crippen molar-refractivity contribution >= 4 is 0 Å². The van der Waals surface area contributed by atoms with E-state index in [1.807, 2.05) is 6.26 Å². The Morgan fingerprint density at radius 1 is 1.32 bits per heavy atom. The predicted molar refractivity (Wildman–Crippen MR) is 81.1 cm³/mol. The minimum atomic E-state index is 0.691. The van der Waals surface area contributed by atoms with Crippen molar-refractivity contribution in [3.05, 3.63) is 23.7 Å². The van der Waals surface area contributed by atoms with Gasteiger partial charge in [-0.1, -0.05) is 33.6 Å². The number of rotatable bonds is 10. The third kappa shape index (κ3) is 7.38. The molecule has 110 valence electrons. The molecule has 0 radical (unpaired) electrons. The Morgan fingerprint density at radius 2 is 2.11 bits per heavy atom. The monoisotopic (exact) mass is 266 g/mol. The van der Waals surface area contributed by atoms with Crippen LogP contribution >= 0.6 is 0 Å². The number of hydrogen-bond acceptors (Lipinski definition) is 3. The Labute approximate surface area is 118 Å². The minimum Gasteiger partial charge on any atom is -0.468 e. The first-order chi connectivity index (χ1) is 9.11. The Kier molecular flexibility index (Phi) is 7.84. The normalized spacial score (nSPS) is 11.7. The summed E-state index contributed by atoms with van der Waals surface area (Å²) >= 11 is 0. The summed E-state index contributed by atoms with van der Waals surface area (Å²) < 4.78 is 5.62. The average molecular weight is 266 g/mol. The smallest absolute Gasteiger partial charge is 0.118 e. The van der Waals surface area contributed by atoms with E-state index in [4.69, 9.17) is 4.42 Å². The maximum absolute atomic E-state index is 5.62. The zero-order valence-corrected chi connectivity index (χ0v) is 13.0. The summed E-state index contributed by atoms with van der Waals surface area (Å²) in [5, 5.41) is 3.44. The molecule has 3 nitrogen and oxygen atoms in total. The van der Waals surface area contributed by atoms with Gasteiger partial charge in [0.25, 0.3) is 0 Å². The van der Waals surface area contributed by atoms with Crippen molar-refractivity contribution in [1.29, 1.82) is 0 Å². The number of nitrogens with zero attached hydrogens (tertiary/aromatic N) is 1. The zero-order chi connectivity index (χ0) is 14.1. The molecule has 0 spiro atoms. The van der Waals surface area contributed by atoms with Crippen molar-refractivity contribution in [2.45, 2.75) is 53.1 Å². The molecule has 1 rings (SSSR count). The van der Waals surface area contributed by atoms with Crippen LogP contribution in [0.25, 0.3) is 0 Å². The van der Waals surface area contributed by atoms with Crippen LogP contribution in [0.15, 0.2) is 16.7 Å². The van der Waals surface area contributed by atoms with E-state index < -0.39 is 0 Å². The Hall–Kier alpha value is -0.800. The summed E-state index contributed by atoms with van der Waals surface area (Å²) in [6, 6.07) is 2.17. The third-order valence-corrected chi connectivity index (χ3v) is 3.16. The summed E-state index contributed by atoms with van der Waals surface area (Å²) in [6.07, 6.45) is 5.74. The van der Waals surface area contributed by atoms with Crippen LogP contribution in [-0.4, -0.2) is 25.0 Å². The number of unbranched alkanes of at least 4 members (excludes halogenated alkanes) is 2. The lowest BCUT2D eigenvalue weighted by molar-refractivity contribution is 0.289. The van der Waals surface area contributed by atoms with Gasteiger partial charge in [-0.2, -0.15) is 0 Å². The summed E-state index contributed by atoms with van der Waals surface area (Å²) in [7, 11) is 2.16. The molecule has 0 unspecified atom stereocenters. The van der Waals surface area contributed by atoms with Crippen molar-refractivity contribution < 1.29 is 4.42 Å². The minimum absolute atomic E-state index is 0.691. The number of furan rings is 1. The first kappa shape index (κ1) is 16.3. The third-order valence-electron chi connectivity index (χ3n) is 3.16. The molecule has 0 saturated heterocycles. The molecule has 1 N–H and O–H groups in total. The first-order valence-corrected chi connectivity index (χ1v) is 7.57. The van der Waals surface area contributed by atoms with Crippen molar-refractivity contribution in [2.75, 3.05) is 20.1 Å². The van der Waals surface area contributed by atoms with E-state index in [-0.39, 0.29) is 0 Å². The fourth-order valence-corrected chi connectivity index (χ4v) is 2.08. The molecule has 0 aliphatic heterocycles. The van der Waals surface area contributed by atoms with E-state index in [2.05, 4.69) is 44.1 Å². The summed E-state index contributed by atoms with van der Waals surface area (Å²) in [4.78, 5) is 2.33. The van der Waals surface area contributed by atoms with Crippen LogP contribution in [0.4, 0.5) is 0 Å². The fraction of sp³-hybridized carbons (Fsp3) is 0.750. The maximum atomic E-state index is 5.62. The lowest BCUT2D eigenvalue weighted by Gasteiger charge is -2.14. The first-order valence-electron chi connectivity index (χ1n) is 7.57. The van der Waals surface area contributed by atoms with E-state index in [0.29, 0.717) is 5.92 Å². The molecule has 0 amide bonds. The standard InChI is InChI=1S/C16H30N2O/c1-5-6-7-8-18(4)12-16-9-15(13-19-16)11-17-10-14(2)3/h9,13-14,17H,5-8,10-12H2,1-4H3. The highest BCUT2D eigenvalue weighted by molar-refractivity contribution is 5.12. The topological polar surface area (TPSA) is 28.4 Å². The van der Waals surface area contributed by atoms with Gasteiger partial charge in [0.1, 0.15) is 5.76 Å². The van der Waals surface area contributed by atoms with Crippen molar-refractivity contribution in [3.8, 4) is 0 Å². The van der Waals surface area contributed by atoms with Gasteiger partial charge in [0.15, 0.2) is 0 Å². The van der Waals surface area contributed by atoms with Gasteiger partial charge < -0.3 is 9.73 Å². The highest BCUT2D eigenvalue weighted by atomic mass is 16.3. The van der Waals surface area contributed by atoms with Crippen LogP contribution in [0.1, 0.15) is 51.4 Å². The molecule has 0 fully saturated rings. The van der Waals surface area contributed by atoms with Crippen LogP contribution in [-0.2, 0) is 13.1 Å². The quantitative estimate of drug-likeness (QED) is 0.655. The van der Waals surface area contributed by atoms with E-state index in [0.717, 1.165) is 31.9 Å². The van der Waals surface area contributed by atoms with Gasteiger partial charge in [0, 0.05) is 12.1 Å². The van der Waals surface area contributed by atoms with Gasteiger partial charge in [-0.25, -0.2) is 0 Å². The van der Waals surface area contributed by atoms with Crippen LogP contribution in [0.3, 0.4) is 0 Å². The molecule has 19 heavy (non-hydrogen) atoms. The summed E-state index contributed by atoms with van der Waals surface area (Å²) in [5.41, 5.74) is 1.25. The molecule has 0 aliphatic carbocycles. The molecule has 1 aromatic rings. The van der Waals surface area contributed by atoms with Crippen LogP contribution in [0.2, 0.25) is 0 Å². The SMILES string of the molecule is CCCCCN(C)Cc1cc(CNCC(C)C)co1. The van der Waals surface area contributed by atoms with E-state index in [1.54, 1.807) is 0 Å². The highest BCUT2D eigenvalue weighted by Gasteiger charge is 2.05. The summed E-state index contributed by atoms with van der Waals surface area (Å²) in [5.74, 6) is 1.76. The molecular weight excluding hydrogens is 236 g/mol. The molecule has 1 aromatic heterocycles. The molecule has 0 aromatic carbocycles. The second-order valence-corrected chi connectivity index (χ2v) is 5.89. The number of hydrogen-bond donors (Lipinski definition) is 1. The molecule has 3 heteroatoms. The van der Waals surface area contributed by atoms with E-state index in [1.165, 1.54) is 24.8 Å². The van der Waals surface area contributed by atoms with Crippen molar-refractivity contribution in [3.63, 3.8) is 0 Å². The van der Waals surface area contributed by atoms with Gasteiger partial charge in [0.05, 0.1) is 12.8 Å². The van der Waals surface area contributed by atoms with Gasteiger partial charge in [-0.3, -0.25) is 4.90 Å². The lowest BCUT2D eigenvalue weighted by Crippen LogP contribution is -2.19. The maximum Gasteiger partial charge on any atom is 0.118 e. The Morgan fingerprint density at radius 3 is 2.79 bits per heavy atom. The van der Waals surface area contributed by atoms with Crippen molar-refractivity contribution in [2.24, 2.45) is 5.92 Å². The predicted octanol–water partition coefficient (Wildman–Crippen LogP) is 3.65. The Bertz CT molecular complexity index is 333. The second-order valence-electron chi connectivity index (χ2n) is 5.89. The van der Waals surface area contributed by atoms with Gasteiger partial charge in [-0.05, 0) is 38.5 Å². The largest absolute Gasteiger partial charge is 0.468 e. The molecule has 0 bridgehead atoms. The molecule has 0 atom stereocenters. The summed E-state index contributed by atoms with van der Waals surface area (Å²) in [6.45, 7) is 10.7. The van der Waals surface area contributed by atoms with E-state index >= 15 is 0 Å². The van der Waals surface area contributed by atoms with Gasteiger partial charge in [0.2, 0.25) is 0 Å². The molecular formula is C16H30N2O. The van der Waals surface area contributed by atoms with Crippen LogP contribution in [0.5, 0.6) is 0 Å². The van der Waals surface area contributed by atoms with Crippen LogP contribution < -0.4 is 5.32 Å². The van der Waals surface area contributed by atoms with Crippen molar-refractivity contribution in [1.82, 2.24) is 10.2 Å². The van der Waals surface area contributed by atoms with Gasteiger partial charge in [-0.15, -0.1) is 0 Å². The molecule has 1 heterocycles. The average Bonchev–Trinajstić information content (AvgIpc) is 2.76. The Balaban J connectivity index is 2.25.